The zero-order chi connectivity index (χ0) is 13.1. The fourth-order valence-electron chi connectivity index (χ4n) is 1.59. The Morgan fingerprint density at radius 3 is 2.78 bits per heavy atom. The summed E-state index contributed by atoms with van der Waals surface area (Å²) < 4.78 is 15.5. The van der Waals surface area contributed by atoms with E-state index in [0.29, 0.717) is 18.1 Å². The van der Waals surface area contributed by atoms with Crippen LogP contribution in [0.4, 0.5) is 10.2 Å². The van der Waals surface area contributed by atoms with Crippen molar-refractivity contribution in [1.29, 1.82) is 0 Å². The monoisotopic (exact) mass is 249 g/mol. The van der Waals surface area contributed by atoms with Crippen LogP contribution in [0.1, 0.15) is 19.0 Å². The third-order valence-corrected chi connectivity index (χ3v) is 2.52. The lowest BCUT2D eigenvalue weighted by atomic mass is 10.3. The Labute approximate surface area is 105 Å². The molecule has 0 amide bonds. The topological polar surface area (TPSA) is 55.6 Å². The van der Waals surface area contributed by atoms with E-state index in [1.165, 1.54) is 0 Å². The molecule has 0 fully saturated rings. The van der Waals surface area contributed by atoms with Crippen LogP contribution in [0, 0.1) is 12.7 Å². The molecule has 0 saturated carbocycles. The lowest BCUT2D eigenvalue weighted by Gasteiger charge is -2.08. The Morgan fingerprint density at radius 1 is 1.39 bits per heavy atom. The number of aromatic nitrogens is 4. The minimum atomic E-state index is -0.393. The second-order valence-electron chi connectivity index (χ2n) is 4.12. The van der Waals surface area contributed by atoms with Crippen LogP contribution in [0.2, 0.25) is 0 Å². The molecule has 0 atom stereocenters. The van der Waals surface area contributed by atoms with Gasteiger partial charge in [-0.1, -0.05) is 6.92 Å². The summed E-state index contributed by atoms with van der Waals surface area (Å²) in [4.78, 5) is 8.35. The van der Waals surface area contributed by atoms with Gasteiger partial charge in [0.1, 0.15) is 0 Å². The molecule has 96 valence electrons. The van der Waals surface area contributed by atoms with Gasteiger partial charge in [-0.15, -0.1) is 0 Å². The molecule has 18 heavy (non-hydrogen) atoms. The van der Waals surface area contributed by atoms with Crippen LogP contribution in [0.5, 0.6) is 0 Å². The number of hydrogen-bond donors (Lipinski definition) is 1. The van der Waals surface area contributed by atoms with Gasteiger partial charge in [0.05, 0.1) is 17.5 Å². The summed E-state index contributed by atoms with van der Waals surface area (Å²) in [6.07, 6.45) is 4.37. The molecule has 0 aromatic carbocycles. The molecule has 6 heteroatoms. The van der Waals surface area contributed by atoms with Crippen molar-refractivity contribution in [3.8, 4) is 11.4 Å². The van der Waals surface area contributed by atoms with Crippen molar-refractivity contribution < 1.29 is 4.39 Å². The zero-order valence-electron chi connectivity index (χ0n) is 10.7. The SMILES string of the molecule is CCCNc1nc(-c2cnn(C)c2)nc(C)c1F. The summed E-state index contributed by atoms with van der Waals surface area (Å²) in [5.41, 5.74) is 1.11. The quantitative estimate of drug-likeness (QED) is 0.902. The van der Waals surface area contributed by atoms with Crippen LogP contribution < -0.4 is 5.32 Å². The fraction of sp³-hybridized carbons (Fsp3) is 0.417. The molecule has 5 nitrogen and oxygen atoms in total. The summed E-state index contributed by atoms with van der Waals surface area (Å²) in [7, 11) is 1.82. The first-order chi connectivity index (χ1) is 8.61. The molecule has 2 aromatic heterocycles. The van der Waals surface area contributed by atoms with E-state index in [0.717, 1.165) is 12.0 Å². The third-order valence-electron chi connectivity index (χ3n) is 2.52. The summed E-state index contributed by atoms with van der Waals surface area (Å²) >= 11 is 0. The highest BCUT2D eigenvalue weighted by Gasteiger charge is 2.13. The molecular weight excluding hydrogens is 233 g/mol. The molecule has 0 spiro atoms. The van der Waals surface area contributed by atoms with E-state index in [9.17, 15) is 4.39 Å². The van der Waals surface area contributed by atoms with E-state index in [2.05, 4.69) is 20.4 Å². The first kappa shape index (κ1) is 12.5. The predicted octanol–water partition coefficient (Wildman–Crippen LogP) is 2.15. The van der Waals surface area contributed by atoms with E-state index in [1.807, 2.05) is 14.0 Å². The van der Waals surface area contributed by atoms with Gasteiger partial charge in [0.25, 0.3) is 0 Å². The van der Waals surface area contributed by atoms with Crippen LogP contribution in [-0.2, 0) is 7.05 Å². The number of nitrogens with one attached hydrogen (secondary N) is 1. The number of anilines is 1. The smallest absolute Gasteiger partial charge is 0.186 e. The number of aryl methyl sites for hydroxylation is 2. The summed E-state index contributed by atoms with van der Waals surface area (Å²) in [5.74, 6) is 0.347. The van der Waals surface area contributed by atoms with Gasteiger partial charge in [-0.3, -0.25) is 4.68 Å². The molecule has 2 rings (SSSR count). The first-order valence-electron chi connectivity index (χ1n) is 5.89. The first-order valence-corrected chi connectivity index (χ1v) is 5.89. The molecule has 0 aliphatic carbocycles. The van der Waals surface area contributed by atoms with E-state index in [4.69, 9.17) is 0 Å². The molecule has 2 aromatic rings. The van der Waals surface area contributed by atoms with Crippen molar-refractivity contribution >= 4 is 5.82 Å². The predicted molar refractivity (Wildman–Crippen MR) is 67.7 cm³/mol. The van der Waals surface area contributed by atoms with Gasteiger partial charge in [0.15, 0.2) is 17.5 Å². The second-order valence-corrected chi connectivity index (χ2v) is 4.12. The molecule has 0 bridgehead atoms. The van der Waals surface area contributed by atoms with Crippen LogP contribution >= 0.6 is 0 Å². The molecule has 0 saturated heterocycles. The molecule has 0 radical (unpaired) electrons. The van der Waals surface area contributed by atoms with Crippen molar-refractivity contribution in [2.24, 2.45) is 7.05 Å². The average Bonchev–Trinajstić information content (AvgIpc) is 2.77. The highest BCUT2D eigenvalue weighted by Crippen LogP contribution is 2.20. The largest absolute Gasteiger partial charge is 0.368 e. The maximum absolute atomic E-state index is 13.8. The minimum Gasteiger partial charge on any atom is -0.368 e. The van der Waals surface area contributed by atoms with Crippen molar-refractivity contribution in [1.82, 2.24) is 19.7 Å². The minimum absolute atomic E-state index is 0.253. The lowest BCUT2D eigenvalue weighted by molar-refractivity contribution is 0.605. The van der Waals surface area contributed by atoms with Crippen molar-refractivity contribution in [3.05, 3.63) is 23.9 Å². The van der Waals surface area contributed by atoms with E-state index in [-0.39, 0.29) is 5.82 Å². The Kier molecular flexibility index (Phi) is 3.55. The van der Waals surface area contributed by atoms with Crippen LogP contribution in [0.15, 0.2) is 12.4 Å². The van der Waals surface area contributed by atoms with Crippen molar-refractivity contribution in [2.45, 2.75) is 20.3 Å². The Hall–Kier alpha value is -1.98. The molecule has 2 heterocycles. The highest BCUT2D eigenvalue weighted by atomic mass is 19.1. The lowest BCUT2D eigenvalue weighted by Crippen LogP contribution is -2.08. The highest BCUT2D eigenvalue weighted by molar-refractivity contribution is 5.56. The summed E-state index contributed by atoms with van der Waals surface area (Å²) in [6.45, 7) is 4.33. The van der Waals surface area contributed by atoms with Gasteiger partial charge in [-0.2, -0.15) is 5.10 Å². The van der Waals surface area contributed by atoms with Crippen LogP contribution in [0.25, 0.3) is 11.4 Å². The van der Waals surface area contributed by atoms with Gasteiger partial charge >= 0.3 is 0 Å². The third kappa shape index (κ3) is 2.47. The Bertz CT molecular complexity index is 549. The molecule has 0 aliphatic heterocycles. The number of hydrogen-bond acceptors (Lipinski definition) is 4. The Balaban J connectivity index is 2.40. The number of rotatable bonds is 4. The number of halogens is 1. The standard InChI is InChI=1S/C12H16FN5/c1-4-5-14-12-10(13)8(2)16-11(17-12)9-6-15-18(3)7-9/h6-7H,4-5H2,1-3H3,(H,14,16,17). The van der Waals surface area contributed by atoms with Gasteiger partial charge in [0.2, 0.25) is 0 Å². The van der Waals surface area contributed by atoms with Crippen LogP contribution in [-0.4, -0.2) is 26.3 Å². The zero-order valence-corrected chi connectivity index (χ0v) is 10.7. The van der Waals surface area contributed by atoms with Crippen LogP contribution in [0.3, 0.4) is 0 Å². The van der Waals surface area contributed by atoms with E-state index < -0.39 is 5.82 Å². The van der Waals surface area contributed by atoms with Gasteiger partial charge in [-0.25, -0.2) is 14.4 Å². The van der Waals surface area contributed by atoms with E-state index in [1.54, 1.807) is 24.0 Å². The number of nitrogens with zero attached hydrogens (tertiary/aromatic N) is 4. The van der Waals surface area contributed by atoms with E-state index >= 15 is 0 Å². The maximum Gasteiger partial charge on any atom is 0.186 e. The normalized spacial score (nSPS) is 10.7. The molecule has 0 aliphatic rings. The average molecular weight is 249 g/mol. The summed E-state index contributed by atoms with van der Waals surface area (Å²) in [5, 5.41) is 7.03. The molecule has 0 unspecified atom stereocenters. The Morgan fingerprint density at radius 2 is 2.17 bits per heavy atom. The van der Waals surface area contributed by atoms with Gasteiger partial charge in [0, 0.05) is 19.8 Å². The maximum atomic E-state index is 13.8. The molecule has 1 N–H and O–H groups in total. The fourth-order valence-corrected chi connectivity index (χ4v) is 1.59. The van der Waals surface area contributed by atoms with Gasteiger partial charge in [-0.05, 0) is 13.3 Å². The van der Waals surface area contributed by atoms with Crippen molar-refractivity contribution in [2.75, 3.05) is 11.9 Å². The second kappa shape index (κ2) is 5.12. The van der Waals surface area contributed by atoms with Crippen molar-refractivity contribution in [3.63, 3.8) is 0 Å². The molecular formula is C12H16FN5. The van der Waals surface area contributed by atoms with Gasteiger partial charge < -0.3 is 5.32 Å². The summed E-state index contributed by atoms with van der Waals surface area (Å²) in [6, 6.07) is 0.